The van der Waals surface area contributed by atoms with Gasteiger partial charge in [0.2, 0.25) is 0 Å². The van der Waals surface area contributed by atoms with Gasteiger partial charge in [0, 0.05) is 5.56 Å². The van der Waals surface area contributed by atoms with E-state index in [1.807, 2.05) is 26.0 Å². The molecule has 2 aromatic carbocycles. The molecule has 0 atom stereocenters. The van der Waals surface area contributed by atoms with Crippen molar-refractivity contribution in [3.8, 4) is 23.6 Å². The third kappa shape index (κ3) is 2.79. The van der Waals surface area contributed by atoms with Crippen LogP contribution in [0.4, 0.5) is 5.69 Å². The highest BCUT2D eigenvalue weighted by molar-refractivity contribution is 5.96. The first-order valence-electron chi connectivity index (χ1n) is 7.76. The SMILES string of the molecule is C#CCn1c(-c2ccc(C)cc2)c([N+](=O)[O-])c2ccc(C)cc2c1=O. The smallest absolute Gasteiger partial charge is 0.290 e. The van der Waals surface area contributed by atoms with Crippen molar-refractivity contribution in [2.24, 2.45) is 0 Å². The summed E-state index contributed by atoms with van der Waals surface area (Å²) in [5.41, 5.74) is 2.28. The van der Waals surface area contributed by atoms with Gasteiger partial charge < -0.3 is 0 Å². The van der Waals surface area contributed by atoms with Gasteiger partial charge in [0.1, 0.15) is 5.69 Å². The molecule has 3 rings (SSSR count). The van der Waals surface area contributed by atoms with E-state index in [1.165, 1.54) is 4.57 Å². The summed E-state index contributed by atoms with van der Waals surface area (Å²) in [5.74, 6) is 2.43. The van der Waals surface area contributed by atoms with Gasteiger partial charge in [-0.25, -0.2) is 0 Å². The number of terminal acetylenes is 1. The Balaban J connectivity index is 2.55. The summed E-state index contributed by atoms with van der Waals surface area (Å²) in [5, 5.41) is 12.5. The molecule has 3 aromatic rings. The van der Waals surface area contributed by atoms with Gasteiger partial charge in [-0.2, -0.15) is 0 Å². The fraction of sp³-hybridized carbons (Fsp3) is 0.150. The average Bonchev–Trinajstić information content (AvgIpc) is 2.58. The van der Waals surface area contributed by atoms with Crippen molar-refractivity contribution < 1.29 is 4.92 Å². The van der Waals surface area contributed by atoms with Crippen molar-refractivity contribution in [3.63, 3.8) is 0 Å². The Labute approximate surface area is 144 Å². The van der Waals surface area contributed by atoms with E-state index in [0.29, 0.717) is 16.3 Å². The number of benzene rings is 2. The number of aryl methyl sites for hydroxylation is 2. The molecule has 0 radical (unpaired) electrons. The molecule has 0 fully saturated rings. The van der Waals surface area contributed by atoms with Crippen LogP contribution in [-0.4, -0.2) is 9.49 Å². The van der Waals surface area contributed by atoms with E-state index in [0.717, 1.165) is 11.1 Å². The third-order valence-electron chi connectivity index (χ3n) is 4.16. The first-order valence-corrected chi connectivity index (χ1v) is 7.76. The summed E-state index contributed by atoms with van der Waals surface area (Å²) in [6, 6.07) is 12.3. The van der Waals surface area contributed by atoms with Gasteiger partial charge in [-0.1, -0.05) is 47.4 Å². The predicted octanol–water partition coefficient (Wildman–Crippen LogP) is 3.83. The lowest BCUT2D eigenvalue weighted by Crippen LogP contribution is -2.23. The van der Waals surface area contributed by atoms with Crippen LogP contribution < -0.4 is 5.56 Å². The number of hydrogen-bond donors (Lipinski definition) is 0. The first kappa shape index (κ1) is 16.5. The molecule has 0 unspecified atom stereocenters. The Hall–Kier alpha value is -3.39. The molecule has 5 nitrogen and oxygen atoms in total. The van der Waals surface area contributed by atoms with Crippen LogP contribution >= 0.6 is 0 Å². The second kappa shape index (κ2) is 6.25. The van der Waals surface area contributed by atoms with Crippen LogP contribution in [0.15, 0.2) is 47.3 Å². The summed E-state index contributed by atoms with van der Waals surface area (Å²) in [6.45, 7) is 3.73. The molecular formula is C20H16N2O3. The minimum absolute atomic E-state index is 0.0350. The maximum atomic E-state index is 13.0. The van der Waals surface area contributed by atoms with E-state index in [4.69, 9.17) is 6.42 Å². The molecule has 0 N–H and O–H groups in total. The lowest BCUT2D eigenvalue weighted by Gasteiger charge is -2.14. The van der Waals surface area contributed by atoms with Crippen LogP contribution in [0.2, 0.25) is 0 Å². The molecule has 0 saturated carbocycles. The Morgan fingerprint density at radius 1 is 1.08 bits per heavy atom. The number of nitro groups is 1. The molecule has 0 aliphatic heterocycles. The van der Waals surface area contributed by atoms with Gasteiger partial charge >= 0.3 is 5.69 Å². The van der Waals surface area contributed by atoms with Gasteiger partial charge in [-0.05, 0) is 26.0 Å². The fourth-order valence-corrected chi connectivity index (χ4v) is 2.97. The van der Waals surface area contributed by atoms with Crippen LogP contribution in [0.1, 0.15) is 11.1 Å². The van der Waals surface area contributed by atoms with Crippen LogP contribution in [0.3, 0.4) is 0 Å². The minimum Gasteiger partial charge on any atom is -0.290 e. The Kier molecular flexibility index (Phi) is 4.12. The highest BCUT2D eigenvalue weighted by Gasteiger charge is 2.26. The number of fused-ring (bicyclic) bond motifs is 1. The summed E-state index contributed by atoms with van der Waals surface area (Å²) in [6.07, 6.45) is 5.42. The normalized spacial score (nSPS) is 10.6. The minimum atomic E-state index is -0.445. The van der Waals surface area contributed by atoms with E-state index in [2.05, 4.69) is 5.92 Å². The fourth-order valence-electron chi connectivity index (χ4n) is 2.97. The molecule has 0 spiro atoms. The van der Waals surface area contributed by atoms with Crippen LogP contribution in [0.25, 0.3) is 22.0 Å². The van der Waals surface area contributed by atoms with E-state index in [-0.39, 0.29) is 23.5 Å². The van der Waals surface area contributed by atoms with E-state index in [1.54, 1.807) is 30.3 Å². The predicted molar refractivity (Wildman–Crippen MR) is 98.6 cm³/mol. The second-order valence-electron chi connectivity index (χ2n) is 5.96. The molecule has 0 bridgehead atoms. The topological polar surface area (TPSA) is 65.1 Å². The standard InChI is InChI=1S/C20H16N2O3/c1-4-11-21-18(15-8-5-13(2)6-9-15)19(22(24)25)16-10-7-14(3)12-17(16)20(21)23/h1,5-10,12H,11H2,2-3H3. The molecule has 5 heteroatoms. The van der Waals surface area contributed by atoms with E-state index < -0.39 is 4.92 Å². The largest absolute Gasteiger partial charge is 0.301 e. The maximum Gasteiger partial charge on any atom is 0.301 e. The van der Waals surface area contributed by atoms with Gasteiger partial charge in [0.15, 0.2) is 0 Å². The summed E-state index contributed by atoms with van der Waals surface area (Å²) in [4.78, 5) is 24.4. The summed E-state index contributed by atoms with van der Waals surface area (Å²) < 4.78 is 1.31. The quantitative estimate of drug-likeness (QED) is 0.416. The molecule has 0 saturated heterocycles. The first-order chi connectivity index (χ1) is 11.9. The molecular weight excluding hydrogens is 316 g/mol. The third-order valence-corrected chi connectivity index (χ3v) is 4.16. The van der Waals surface area contributed by atoms with Crippen molar-refractivity contribution in [2.45, 2.75) is 20.4 Å². The molecule has 25 heavy (non-hydrogen) atoms. The van der Waals surface area contributed by atoms with Gasteiger partial charge in [0.05, 0.1) is 22.2 Å². The van der Waals surface area contributed by atoms with Crippen molar-refractivity contribution in [1.82, 2.24) is 4.57 Å². The van der Waals surface area contributed by atoms with Crippen LogP contribution in [0, 0.1) is 36.3 Å². The average molecular weight is 332 g/mol. The van der Waals surface area contributed by atoms with Crippen LogP contribution in [0.5, 0.6) is 0 Å². The van der Waals surface area contributed by atoms with E-state index in [9.17, 15) is 14.9 Å². The summed E-state index contributed by atoms with van der Waals surface area (Å²) >= 11 is 0. The lowest BCUT2D eigenvalue weighted by molar-refractivity contribution is -0.382. The highest BCUT2D eigenvalue weighted by atomic mass is 16.6. The molecule has 1 aromatic heterocycles. The Morgan fingerprint density at radius 2 is 1.72 bits per heavy atom. The Bertz CT molecular complexity index is 1090. The maximum absolute atomic E-state index is 13.0. The number of aromatic nitrogens is 1. The summed E-state index contributed by atoms with van der Waals surface area (Å²) in [7, 11) is 0. The zero-order valence-corrected chi connectivity index (χ0v) is 13.9. The number of nitrogens with zero attached hydrogens (tertiary/aromatic N) is 2. The van der Waals surface area contributed by atoms with Crippen molar-refractivity contribution >= 4 is 16.5 Å². The number of pyridine rings is 1. The molecule has 0 amide bonds. The van der Waals surface area contributed by atoms with E-state index >= 15 is 0 Å². The molecule has 124 valence electrons. The lowest BCUT2D eigenvalue weighted by atomic mass is 10.0. The molecule has 0 aliphatic rings. The molecule has 1 heterocycles. The zero-order valence-electron chi connectivity index (χ0n) is 13.9. The second-order valence-corrected chi connectivity index (χ2v) is 5.96. The van der Waals surface area contributed by atoms with Crippen molar-refractivity contribution in [2.75, 3.05) is 0 Å². The van der Waals surface area contributed by atoms with Gasteiger partial charge in [0.25, 0.3) is 5.56 Å². The van der Waals surface area contributed by atoms with Gasteiger partial charge in [-0.3, -0.25) is 19.5 Å². The Morgan fingerprint density at radius 3 is 2.32 bits per heavy atom. The number of hydrogen-bond acceptors (Lipinski definition) is 3. The zero-order chi connectivity index (χ0) is 18.1. The highest BCUT2D eigenvalue weighted by Crippen LogP contribution is 2.35. The van der Waals surface area contributed by atoms with Crippen molar-refractivity contribution in [3.05, 3.63) is 74.1 Å². The number of rotatable bonds is 3. The van der Waals surface area contributed by atoms with Gasteiger partial charge in [-0.15, -0.1) is 6.42 Å². The van der Waals surface area contributed by atoms with Crippen LogP contribution in [-0.2, 0) is 6.54 Å². The molecule has 0 aliphatic carbocycles. The van der Waals surface area contributed by atoms with Crippen molar-refractivity contribution in [1.29, 1.82) is 0 Å². The monoisotopic (exact) mass is 332 g/mol.